The van der Waals surface area contributed by atoms with Crippen molar-refractivity contribution in [1.82, 2.24) is 0 Å². The van der Waals surface area contributed by atoms with Crippen molar-refractivity contribution in [3.63, 3.8) is 0 Å². The Labute approximate surface area is 91.5 Å². The van der Waals surface area contributed by atoms with Gasteiger partial charge in [-0.1, -0.05) is 34.1 Å². The second-order valence-electron chi connectivity index (χ2n) is 2.70. The van der Waals surface area contributed by atoms with Gasteiger partial charge in [0.1, 0.15) is 0 Å². The van der Waals surface area contributed by atoms with E-state index in [9.17, 15) is 0 Å². The highest BCUT2D eigenvalue weighted by Gasteiger charge is 1.96. The van der Waals surface area contributed by atoms with Crippen molar-refractivity contribution in [2.24, 2.45) is 5.73 Å². The van der Waals surface area contributed by atoms with Gasteiger partial charge in [0, 0.05) is 21.7 Å². The molecule has 0 radical (unpaired) electrons. The van der Waals surface area contributed by atoms with Crippen molar-refractivity contribution < 1.29 is 0 Å². The summed E-state index contributed by atoms with van der Waals surface area (Å²) in [6, 6.07) is 8.22. The van der Waals surface area contributed by atoms with Crippen LogP contribution in [0.2, 0.25) is 0 Å². The van der Waals surface area contributed by atoms with Gasteiger partial charge < -0.3 is 5.73 Å². The molecule has 70 valence electrons. The van der Waals surface area contributed by atoms with Crippen LogP contribution >= 0.6 is 27.7 Å². The molecule has 1 aromatic rings. The zero-order valence-electron chi connectivity index (χ0n) is 7.29. The van der Waals surface area contributed by atoms with Gasteiger partial charge in [0.2, 0.25) is 0 Å². The molecule has 0 atom stereocenters. The average molecular weight is 258 g/mol. The Morgan fingerprint density at radius 2 is 2.31 bits per heavy atom. The zero-order chi connectivity index (χ0) is 9.68. The van der Waals surface area contributed by atoms with E-state index in [0.717, 1.165) is 15.8 Å². The standard InChI is InChI=1S/C10H12BrNS/c1-8(6-12)7-13-10-4-2-3-9(11)5-10/h2-5H,1,6-7,12H2. The highest BCUT2D eigenvalue weighted by atomic mass is 79.9. The summed E-state index contributed by atoms with van der Waals surface area (Å²) in [7, 11) is 0. The topological polar surface area (TPSA) is 26.0 Å². The van der Waals surface area contributed by atoms with E-state index in [1.807, 2.05) is 12.1 Å². The van der Waals surface area contributed by atoms with E-state index in [-0.39, 0.29) is 0 Å². The second kappa shape index (κ2) is 5.47. The first-order valence-corrected chi connectivity index (χ1v) is 5.75. The Balaban J connectivity index is 2.50. The fraction of sp³-hybridized carbons (Fsp3) is 0.200. The molecule has 0 saturated heterocycles. The highest BCUT2D eigenvalue weighted by molar-refractivity contribution is 9.10. The molecule has 1 rings (SSSR count). The third-order valence-corrected chi connectivity index (χ3v) is 3.16. The third-order valence-electron chi connectivity index (χ3n) is 1.53. The summed E-state index contributed by atoms with van der Waals surface area (Å²) in [6.45, 7) is 4.42. The van der Waals surface area contributed by atoms with Gasteiger partial charge in [0.15, 0.2) is 0 Å². The number of hydrogen-bond acceptors (Lipinski definition) is 2. The molecule has 1 nitrogen and oxygen atoms in total. The zero-order valence-corrected chi connectivity index (χ0v) is 9.70. The summed E-state index contributed by atoms with van der Waals surface area (Å²) in [6.07, 6.45) is 0. The lowest BCUT2D eigenvalue weighted by Gasteiger charge is -2.02. The molecule has 1 aromatic carbocycles. The molecule has 3 heteroatoms. The van der Waals surface area contributed by atoms with E-state index in [2.05, 4.69) is 34.6 Å². The van der Waals surface area contributed by atoms with Crippen LogP contribution in [0.4, 0.5) is 0 Å². The van der Waals surface area contributed by atoms with Crippen molar-refractivity contribution in [2.45, 2.75) is 4.90 Å². The Morgan fingerprint density at radius 1 is 1.54 bits per heavy atom. The SMILES string of the molecule is C=C(CN)CSc1cccc(Br)c1. The predicted molar refractivity (Wildman–Crippen MR) is 63.1 cm³/mol. The molecule has 2 N–H and O–H groups in total. The molecule has 13 heavy (non-hydrogen) atoms. The molecule has 0 aliphatic heterocycles. The predicted octanol–water partition coefficient (Wildman–Crippen LogP) is 3.06. The summed E-state index contributed by atoms with van der Waals surface area (Å²) in [5.41, 5.74) is 6.52. The van der Waals surface area contributed by atoms with E-state index in [1.165, 1.54) is 4.90 Å². The number of hydrogen-bond donors (Lipinski definition) is 1. The third kappa shape index (κ3) is 3.98. The summed E-state index contributed by atoms with van der Waals surface area (Å²) < 4.78 is 1.11. The summed E-state index contributed by atoms with van der Waals surface area (Å²) in [5.74, 6) is 0.896. The molecular weight excluding hydrogens is 246 g/mol. The Hall–Kier alpha value is -0.250. The van der Waals surface area contributed by atoms with Crippen molar-refractivity contribution in [3.05, 3.63) is 40.9 Å². The van der Waals surface area contributed by atoms with E-state index >= 15 is 0 Å². The van der Waals surface area contributed by atoms with Crippen LogP contribution in [0.15, 0.2) is 45.8 Å². The normalized spacial score (nSPS) is 10.0. The van der Waals surface area contributed by atoms with Crippen LogP contribution in [0.25, 0.3) is 0 Å². The maximum Gasteiger partial charge on any atom is 0.0200 e. The number of halogens is 1. The smallest absolute Gasteiger partial charge is 0.0200 e. The fourth-order valence-electron chi connectivity index (χ4n) is 0.801. The molecule has 0 aliphatic rings. The van der Waals surface area contributed by atoms with Crippen LogP contribution in [0.5, 0.6) is 0 Å². The van der Waals surface area contributed by atoms with Crippen molar-refractivity contribution >= 4 is 27.7 Å². The van der Waals surface area contributed by atoms with Crippen molar-refractivity contribution in [1.29, 1.82) is 0 Å². The number of thioether (sulfide) groups is 1. The van der Waals surface area contributed by atoms with Crippen molar-refractivity contribution in [3.8, 4) is 0 Å². The minimum Gasteiger partial charge on any atom is -0.327 e. The average Bonchev–Trinajstić information content (AvgIpc) is 2.14. The van der Waals surface area contributed by atoms with Crippen LogP contribution in [-0.4, -0.2) is 12.3 Å². The van der Waals surface area contributed by atoms with Gasteiger partial charge >= 0.3 is 0 Å². The van der Waals surface area contributed by atoms with E-state index in [1.54, 1.807) is 11.8 Å². The Kier molecular flexibility index (Phi) is 4.56. The maximum absolute atomic E-state index is 5.44. The lowest BCUT2D eigenvalue weighted by atomic mass is 10.4. The van der Waals surface area contributed by atoms with Gasteiger partial charge in [-0.3, -0.25) is 0 Å². The van der Waals surface area contributed by atoms with Crippen LogP contribution in [0.3, 0.4) is 0 Å². The molecule has 0 bridgehead atoms. The van der Waals surface area contributed by atoms with Gasteiger partial charge in [0.25, 0.3) is 0 Å². The second-order valence-corrected chi connectivity index (χ2v) is 4.66. The molecule has 0 saturated carbocycles. The van der Waals surface area contributed by atoms with Crippen LogP contribution in [0, 0.1) is 0 Å². The van der Waals surface area contributed by atoms with Crippen LogP contribution in [0.1, 0.15) is 0 Å². The highest BCUT2D eigenvalue weighted by Crippen LogP contribution is 2.22. The van der Waals surface area contributed by atoms with Crippen molar-refractivity contribution in [2.75, 3.05) is 12.3 Å². The van der Waals surface area contributed by atoms with E-state index < -0.39 is 0 Å². The monoisotopic (exact) mass is 257 g/mol. The van der Waals surface area contributed by atoms with Gasteiger partial charge in [-0.25, -0.2) is 0 Å². The minimum absolute atomic E-state index is 0.570. The Bertz CT molecular complexity index is 299. The minimum atomic E-state index is 0.570. The molecule has 0 fully saturated rings. The first-order valence-electron chi connectivity index (χ1n) is 3.97. The molecular formula is C10H12BrNS. The van der Waals surface area contributed by atoms with Crippen LogP contribution in [-0.2, 0) is 0 Å². The summed E-state index contributed by atoms with van der Waals surface area (Å²) in [4.78, 5) is 1.24. The Morgan fingerprint density at radius 3 is 2.92 bits per heavy atom. The summed E-state index contributed by atoms with van der Waals surface area (Å²) in [5, 5.41) is 0. The van der Waals surface area contributed by atoms with Gasteiger partial charge in [-0.05, 0) is 18.2 Å². The molecule has 0 spiro atoms. The lowest BCUT2D eigenvalue weighted by molar-refractivity contribution is 1.15. The number of nitrogens with two attached hydrogens (primary N) is 1. The fourth-order valence-corrected chi connectivity index (χ4v) is 2.23. The summed E-state index contributed by atoms with van der Waals surface area (Å²) >= 11 is 5.18. The van der Waals surface area contributed by atoms with Crippen LogP contribution < -0.4 is 5.73 Å². The molecule has 0 amide bonds. The largest absolute Gasteiger partial charge is 0.327 e. The van der Waals surface area contributed by atoms with E-state index in [0.29, 0.717) is 6.54 Å². The van der Waals surface area contributed by atoms with Gasteiger partial charge in [0.05, 0.1) is 0 Å². The number of rotatable bonds is 4. The van der Waals surface area contributed by atoms with E-state index in [4.69, 9.17) is 5.73 Å². The number of benzene rings is 1. The van der Waals surface area contributed by atoms with Gasteiger partial charge in [-0.15, -0.1) is 11.8 Å². The maximum atomic E-state index is 5.44. The first kappa shape index (κ1) is 10.8. The quantitative estimate of drug-likeness (QED) is 0.663. The van der Waals surface area contributed by atoms with Gasteiger partial charge in [-0.2, -0.15) is 0 Å². The molecule has 0 aromatic heterocycles. The molecule has 0 aliphatic carbocycles. The first-order chi connectivity index (χ1) is 6.22. The molecule has 0 unspecified atom stereocenters. The molecule has 0 heterocycles. The lowest BCUT2D eigenvalue weighted by Crippen LogP contribution is -2.03.